The summed E-state index contributed by atoms with van der Waals surface area (Å²) in [6, 6.07) is 9.51. The maximum atomic E-state index is 12.9. The lowest BCUT2D eigenvalue weighted by Gasteiger charge is -2.16. The molecule has 1 fully saturated rings. The van der Waals surface area contributed by atoms with Crippen molar-refractivity contribution in [2.24, 2.45) is 0 Å². The second-order valence-electron chi connectivity index (χ2n) is 6.69. The van der Waals surface area contributed by atoms with Gasteiger partial charge in [-0.3, -0.25) is 24.7 Å². The minimum absolute atomic E-state index is 0.0610. The highest BCUT2D eigenvalue weighted by molar-refractivity contribution is 6.05. The SMILES string of the molecule is COc1ccc(CCN2C(=O)C[C@H](NNC(=O)c3ccc(F)cc3)C2=O)cc1OC. The zero-order chi connectivity index (χ0) is 21.7. The summed E-state index contributed by atoms with van der Waals surface area (Å²) < 4.78 is 23.4. The molecule has 1 aliphatic heterocycles. The Morgan fingerprint density at radius 2 is 1.80 bits per heavy atom. The maximum absolute atomic E-state index is 12.9. The van der Waals surface area contributed by atoms with Crippen molar-refractivity contribution in [2.75, 3.05) is 20.8 Å². The second kappa shape index (κ2) is 9.36. The number of amides is 3. The van der Waals surface area contributed by atoms with E-state index in [9.17, 15) is 18.8 Å². The fourth-order valence-corrected chi connectivity index (χ4v) is 3.13. The zero-order valence-corrected chi connectivity index (χ0v) is 16.6. The Balaban J connectivity index is 1.55. The molecule has 0 unspecified atom stereocenters. The first kappa shape index (κ1) is 21.3. The fraction of sp³-hybridized carbons (Fsp3) is 0.286. The first-order valence-electron chi connectivity index (χ1n) is 9.29. The number of hydrogen-bond acceptors (Lipinski definition) is 6. The third-order valence-electron chi connectivity index (χ3n) is 4.78. The Morgan fingerprint density at radius 1 is 1.10 bits per heavy atom. The van der Waals surface area contributed by atoms with Gasteiger partial charge in [0.15, 0.2) is 11.5 Å². The fourth-order valence-electron chi connectivity index (χ4n) is 3.13. The summed E-state index contributed by atoms with van der Waals surface area (Å²) in [6.45, 7) is 0.206. The van der Waals surface area contributed by atoms with Gasteiger partial charge < -0.3 is 9.47 Å². The van der Waals surface area contributed by atoms with E-state index in [0.717, 1.165) is 17.7 Å². The van der Waals surface area contributed by atoms with Crippen LogP contribution in [0.25, 0.3) is 0 Å². The number of benzene rings is 2. The Morgan fingerprint density at radius 3 is 2.47 bits per heavy atom. The molecule has 0 aromatic heterocycles. The molecule has 2 N–H and O–H groups in total. The molecule has 8 nitrogen and oxygen atoms in total. The molecule has 0 aliphatic carbocycles. The van der Waals surface area contributed by atoms with Gasteiger partial charge in [0.1, 0.15) is 11.9 Å². The maximum Gasteiger partial charge on any atom is 0.265 e. The van der Waals surface area contributed by atoms with Crippen LogP contribution in [0.3, 0.4) is 0 Å². The summed E-state index contributed by atoms with van der Waals surface area (Å²) in [6.07, 6.45) is 0.390. The molecule has 3 rings (SSSR count). The minimum atomic E-state index is -0.854. The van der Waals surface area contributed by atoms with Crippen molar-refractivity contribution in [3.63, 3.8) is 0 Å². The molecule has 0 saturated carbocycles. The number of nitrogens with one attached hydrogen (secondary N) is 2. The first-order chi connectivity index (χ1) is 14.4. The Hall–Kier alpha value is -3.46. The number of methoxy groups -OCH3 is 2. The van der Waals surface area contributed by atoms with E-state index in [-0.39, 0.29) is 24.4 Å². The van der Waals surface area contributed by atoms with Crippen LogP contribution in [0.1, 0.15) is 22.3 Å². The predicted molar refractivity (Wildman–Crippen MR) is 105 cm³/mol. The molecule has 3 amide bonds. The number of hydrazine groups is 1. The van der Waals surface area contributed by atoms with Crippen LogP contribution in [0.4, 0.5) is 4.39 Å². The molecule has 1 atom stereocenters. The summed E-state index contributed by atoms with van der Waals surface area (Å²) in [5.74, 6) is -0.568. The van der Waals surface area contributed by atoms with Crippen LogP contribution in [-0.2, 0) is 16.0 Å². The van der Waals surface area contributed by atoms with Crippen LogP contribution in [-0.4, -0.2) is 49.4 Å². The summed E-state index contributed by atoms with van der Waals surface area (Å²) in [5.41, 5.74) is 6.10. The van der Waals surface area contributed by atoms with Crippen molar-refractivity contribution >= 4 is 17.7 Å². The number of nitrogens with zero attached hydrogens (tertiary/aromatic N) is 1. The van der Waals surface area contributed by atoms with Crippen LogP contribution in [0, 0.1) is 5.82 Å². The largest absolute Gasteiger partial charge is 0.493 e. The third-order valence-corrected chi connectivity index (χ3v) is 4.78. The normalized spacial score (nSPS) is 16.0. The van der Waals surface area contributed by atoms with Crippen LogP contribution in [0.15, 0.2) is 42.5 Å². The topological polar surface area (TPSA) is 97.0 Å². The van der Waals surface area contributed by atoms with Gasteiger partial charge in [-0.15, -0.1) is 0 Å². The van der Waals surface area contributed by atoms with Gasteiger partial charge in [-0.05, 0) is 48.4 Å². The highest BCUT2D eigenvalue weighted by Crippen LogP contribution is 2.28. The second-order valence-corrected chi connectivity index (χ2v) is 6.69. The Kier molecular flexibility index (Phi) is 6.63. The van der Waals surface area contributed by atoms with Crippen LogP contribution in [0.2, 0.25) is 0 Å². The third kappa shape index (κ3) is 4.74. The number of halogens is 1. The average molecular weight is 415 g/mol. The smallest absolute Gasteiger partial charge is 0.265 e. The van der Waals surface area contributed by atoms with Gasteiger partial charge in [0.05, 0.1) is 20.6 Å². The molecule has 9 heteroatoms. The lowest BCUT2D eigenvalue weighted by molar-refractivity contribution is -0.138. The van der Waals surface area contributed by atoms with Gasteiger partial charge in [0.25, 0.3) is 5.91 Å². The van der Waals surface area contributed by atoms with Gasteiger partial charge in [0.2, 0.25) is 11.8 Å². The van der Waals surface area contributed by atoms with Gasteiger partial charge in [-0.2, -0.15) is 0 Å². The van der Waals surface area contributed by atoms with E-state index in [1.54, 1.807) is 19.2 Å². The van der Waals surface area contributed by atoms with Crippen LogP contribution >= 0.6 is 0 Å². The van der Waals surface area contributed by atoms with E-state index in [1.807, 2.05) is 6.07 Å². The van der Waals surface area contributed by atoms with E-state index in [1.165, 1.54) is 24.1 Å². The number of likely N-dealkylation sites (tertiary alicyclic amines) is 1. The number of imide groups is 1. The Labute approximate surface area is 172 Å². The predicted octanol–water partition coefficient (Wildman–Crippen LogP) is 1.45. The molecular formula is C21H22FN3O5. The number of hydrogen-bond donors (Lipinski definition) is 2. The highest BCUT2D eigenvalue weighted by Gasteiger charge is 2.38. The molecule has 1 saturated heterocycles. The summed E-state index contributed by atoms with van der Waals surface area (Å²) in [5, 5.41) is 0. The monoisotopic (exact) mass is 415 g/mol. The van der Waals surface area contributed by atoms with Crippen molar-refractivity contribution in [3.8, 4) is 11.5 Å². The summed E-state index contributed by atoms with van der Waals surface area (Å²) in [4.78, 5) is 38.1. The van der Waals surface area contributed by atoms with Crippen molar-refractivity contribution in [1.82, 2.24) is 15.8 Å². The van der Waals surface area contributed by atoms with E-state index in [2.05, 4.69) is 10.9 Å². The van der Waals surface area contributed by atoms with E-state index in [4.69, 9.17) is 9.47 Å². The van der Waals surface area contributed by atoms with Crippen molar-refractivity contribution in [1.29, 1.82) is 0 Å². The molecular weight excluding hydrogens is 393 g/mol. The molecule has 1 heterocycles. The average Bonchev–Trinajstić information content (AvgIpc) is 3.03. The lowest BCUT2D eigenvalue weighted by Crippen LogP contribution is -2.48. The molecule has 0 bridgehead atoms. The van der Waals surface area contributed by atoms with Crippen molar-refractivity contribution < 1.29 is 28.2 Å². The number of carbonyl (C=O) groups is 3. The standard InChI is InChI=1S/C21H22FN3O5/c1-29-17-8-3-13(11-18(17)30-2)9-10-25-19(26)12-16(21(25)28)23-24-20(27)14-4-6-15(22)7-5-14/h3-8,11,16,23H,9-10,12H2,1-2H3,(H,24,27)/t16-/m0/s1. The molecule has 0 spiro atoms. The van der Waals surface area contributed by atoms with Gasteiger partial charge in [-0.25, -0.2) is 9.82 Å². The van der Waals surface area contributed by atoms with E-state index < -0.39 is 23.7 Å². The van der Waals surface area contributed by atoms with Crippen molar-refractivity contribution in [3.05, 3.63) is 59.4 Å². The van der Waals surface area contributed by atoms with Crippen molar-refractivity contribution in [2.45, 2.75) is 18.9 Å². The molecule has 2 aromatic rings. The van der Waals surface area contributed by atoms with E-state index in [0.29, 0.717) is 17.9 Å². The number of ether oxygens (including phenoxy) is 2. The first-order valence-corrected chi connectivity index (χ1v) is 9.29. The van der Waals surface area contributed by atoms with E-state index >= 15 is 0 Å². The Bertz CT molecular complexity index is 948. The zero-order valence-electron chi connectivity index (χ0n) is 16.6. The number of rotatable bonds is 8. The summed E-state index contributed by atoms with van der Waals surface area (Å²) in [7, 11) is 3.08. The molecule has 158 valence electrons. The van der Waals surface area contributed by atoms with Crippen LogP contribution in [0.5, 0.6) is 11.5 Å². The number of carbonyl (C=O) groups excluding carboxylic acids is 3. The lowest BCUT2D eigenvalue weighted by atomic mass is 10.1. The molecule has 30 heavy (non-hydrogen) atoms. The highest BCUT2D eigenvalue weighted by atomic mass is 19.1. The molecule has 1 aliphatic rings. The van der Waals surface area contributed by atoms with Gasteiger partial charge in [-0.1, -0.05) is 6.07 Å². The minimum Gasteiger partial charge on any atom is -0.493 e. The van der Waals surface area contributed by atoms with Crippen LogP contribution < -0.4 is 20.3 Å². The molecule has 0 radical (unpaired) electrons. The summed E-state index contributed by atoms with van der Waals surface area (Å²) >= 11 is 0. The van der Waals surface area contributed by atoms with Gasteiger partial charge in [0, 0.05) is 12.1 Å². The quantitative estimate of drug-likeness (QED) is 0.500. The molecule has 2 aromatic carbocycles. The van der Waals surface area contributed by atoms with Gasteiger partial charge >= 0.3 is 0 Å².